The molecule has 1 saturated carbocycles. The first-order valence-electron chi connectivity index (χ1n) is 27.6. The molecule has 4 unspecified atom stereocenters. The molecule has 2 saturated heterocycles. The van der Waals surface area contributed by atoms with Crippen molar-refractivity contribution >= 4 is 88.3 Å². The molecule has 4 atom stereocenters. The molecule has 0 bridgehead atoms. The molecule has 1 aliphatic carbocycles. The zero-order valence-corrected chi connectivity index (χ0v) is 51.7. The number of nitrogens with one attached hydrogen (secondary N) is 3. The first-order valence-corrected chi connectivity index (χ1v) is 30.7. The quantitative estimate of drug-likeness (QED) is 0.0447. The van der Waals surface area contributed by atoms with Crippen molar-refractivity contribution in [1.29, 1.82) is 0 Å². The summed E-state index contributed by atoms with van der Waals surface area (Å²) in [6.45, 7) is 27.4. The fourth-order valence-corrected chi connectivity index (χ4v) is 14.6. The van der Waals surface area contributed by atoms with Crippen molar-refractivity contribution in [1.82, 2.24) is 35.6 Å². The summed E-state index contributed by atoms with van der Waals surface area (Å²) in [5, 5.41) is 9.41. The highest BCUT2D eigenvalue weighted by molar-refractivity contribution is 8.01. The number of carbonyl (C=O) groups is 6. The van der Waals surface area contributed by atoms with Crippen molar-refractivity contribution < 1.29 is 28.8 Å². The van der Waals surface area contributed by atoms with Crippen LogP contribution in [-0.2, 0) is 43.6 Å². The summed E-state index contributed by atoms with van der Waals surface area (Å²) in [6.07, 6.45) is 5.85. The summed E-state index contributed by atoms with van der Waals surface area (Å²) < 4.78 is -0.876. The molecule has 4 aromatic rings. The third-order valence-corrected chi connectivity index (χ3v) is 19.2. The summed E-state index contributed by atoms with van der Waals surface area (Å²) in [7, 11) is 0. The predicted molar refractivity (Wildman–Crippen MR) is 327 cm³/mol. The molecule has 1 aromatic heterocycles. The first-order chi connectivity index (χ1) is 37.3. The van der Waals surface area contributed by atoms with E-state index in [0.717, 1.165) is 87.5 Å². The summed E-state index contributed by atoms with van der Waals surface area (Å²) in [6, 6.07) is 22.2. The van der Waals surface area contributed by atoms with Gasteiger partial charge in [0.1, 0.15) is 18.1 Å². The average Bonchev–Trinajstić information content (AvgIpc) is 3.89. The Morgan fingerprint density at radius 1 is 0.861 bits per heavy atom. The Balaban J connectivity index is 0.000000212. The van der Waals surface area contributed by atoms with E-state index in [9.17, 15) is 28.8 Å². The fraction of sp³-hybridized carbons (Fsp3) is 0.525. The van der Waals surface area contributed by atoms with E-state index in [-0.39, 0.29) is 51.0 Å². The van der Waals surface area contributed by atoms with Gasteiger partial charge in [-0.15, -0.1) is 24.0 Å². The minimum Gasteiger partial charge on any atom is -0.401 e. The molecule has 6 amide bonds. The second-order valence-corrected chi connectivity index (χ2v) is 28.9. The molecule has 3 aromatic carbocycles. The Hall–Kier alpha value is -5.30. The van der Waals surface area contributed by atoms with Crippen molar-refractivity contribution in [2.45, 2.75) is 185 Å². The minimum atomic E-state index is -0.698. The molecule has 3 aliphatic heterocycles. The van der Waals surface area contributed by atoms with E-state index in [1.165, 1.54) is 0 Å². The van der Waals surface area contributed by atoms with Gasteiger partial charge in [0, 0.05) is 69.8 Å². The number of fused-ring (bicyclic) bond motifs is 1. The van der Waals surface area contributed by atoms with Crippen molar-refractivity contribution in [2.75, 3.05) is 13.1 Å². The van der Waals surface area contributed by atoms with Gasteiger partial charge < -0.3 is 36.4 Å². The Morgan fingerprint density at radius 3 is 2.01 bits per heavy atom. The number of amides is 6. The van der Waals surface area contributed by atoms with Crippen LogP contribution in [-0.4, -0.2) is 113 Å². The number of likely N-dealkylation sites (tertiary alicyclic amines) is 2. The first kappa shape index (κ1) is 62.9. The number of aromatic nitrogens is 1. The number of thiazole rings is 1. The Bertz CT molecular complexity index is 2810. The lowest BCUT2D eigenvalue weighted by Crippen LogP contribution is -2.60. The highest BCUT2D eigenvalue weighted by Crippen LogP contribution is 2.46. The van der Waals surface area contributed by atoms with Crippen molar-refractivity contribution in [3.63, 3.8) is 0 Å². The van der Waals surface area contributed by atoms with Crippen molar-refractivity contribution in [2.24, 2.45) is 11.1 Å². The van der Waals surface area contributed by atoms with Crippen LogP contribution in [0.3, 0.4) is 0 Å². The van der Waals surface area contributed by atoms with Crippen LogP contribution < -0.4 is 21.7 Å². The molecule has 3 fully saturated rings. The van der Waals surface area contributed by atoms with Crippen LogP contribution in [0.25, 0.3) is 15.3 Å². The zero-order chi connectivity index (χ0) is 58.0. The van der Waals surface area contributed by atoms with E-state index >= 15 is 0 Å². The predicted octanol–water partition coefficient (Wildman–Crippen LogP) is 10.4. The van der Waals surface area contributed by atoms with Gasteiger partial charge in [0.25, 0.3) is 5.91 Å². The summed E-state index contributed by atoms with van der Waals surface area (Å²) in [5.74, 6) is -0.280. The third kappa shape index (κ3) is 16.2. The number of carbonyl (C=O) groups excluding carboxylic acids is 6. The van der Waals surface area contributed by atoms with E-state index < -0.39 is 22.9 Å². The number of benzene rings is 3. The molecule has 0 spiro atoms. The highest BCUT2D eigenvalue weighted by atomic mass is 32.2. The van der Waals surface area contributed by atoms with Gasteiger partial charge in [-0.3, -0.25) is 28.8 Å². The van der Waals surface area contributed by atoms with E-state index in [0.29, 0.717) is 50.0 Å². The number of thioether (sulfide) groups is 2. The second-order valence-electron chi connectivity index (χ2n) is 23.1. The number of nitrogens with two attached hydrogens (primary N) is 1. The lowest BCUT2D eigenvalue weighted by molar-refractivity contribution is -0.142. The molecule has 79 heavy (non-hydrogen) atoms. The molecule has 8 rings (SSSR count). The van der Waals surface area contributed by atoms with Crippen molar-refractivity contribution in [3.8, 4) is 10.4 Å². The fourth-order valence-electron chi connectivity index (χ4n) is 10.6. The molecule has 14 nitrogen and oxygen atoms in total. The monoisotopic (exact) mass is 1150 g/mol. The van der Waals surface area contributed by atoms with E-state index in [4.69, 9.17) is 5.73 Å². The Labute approximate surface area is 487 Å². The molecule has 5 N–H and O–H groups in total. The average molecular weight is 1150 g/mol. The lowest BCUT2D eigenvalue weighted by atomic mass is 9.99. The zero-order valence-electron chi connectivity index (χ0n) is 48.3. The van der Waals surface area contributed by atoms with Crippen LogP contribution in [0.1, 0.15) is 153 Å². The molecule has 428 valence electrons. The Kier molecular flexibility index (Phi) is 21.8. The molecular formula is C61H84N8O6S4. The lowest BCUT2D eigenvalue weighted by Gasteiger charge is -2.42. The van der Waals surface area contributed by atoms with Gasteiger partial charge in [0.2, 0.25) is 30.0 Å². The molecular weight excluding hydrogens is 1070 g/mol. The van der Waals surface area contributed by atoms with E-state index in [1.54, 1.807) is 39.8 Å². The molecule has 4 heterocycles. The van der Waals surface area contributed by atoms with Crippen LogP contribution in [0.4, 0.5) is 0 Å². The van der Waals surface area contributed by atoms with Gasteiger partial charge in [-0.1, -0.05) is 101 Å². The van der Waals surface area contributed by atoms with Crippen LogP contribution in [0, 0.1) is 12.3 Å². The molecule has 0 radical (unpaired) electrons. The van der Waals surface area contributed by atoms with Gasteiger partial charge >= 0.3 is 0 Å². The van der Waals surface area contributed by atoms with Gasteiger partial charge in [-0.25, -0.2) is 4.98 Å². The van der Waals surface area contributed by atoms with Gasteiger partial charge in [-0.2, -0.15) is 23.5 Å². The maximum Gasteiger partial charge on any atom is 0.255 e. The van der Waals surface area contributed by atoms with Crippen LogP contribution in [0.15, 0.2) is 84.0 Å². The maximum absolute atomic E-state index is 13.9. The second kappa shape index (κ2) is 27.4. The van der Waals surface area contributed by atoms with Crippen LogP contribution in [0.5, 0.6) is 0 Å². The largest absolute Gasteiger partial charge is 0.401 e. The minimum absolute atomic E-state index is 0.0109. The number of rotatable bonds is 19. The third-order valence-electron chi connectivity index (χ3n) is 15.0. The number of hydrogen-bond donors (Lipinski definition) is 5. The molecule has 18 heteroatoms. The van der Waals surface area contributed by atoms with Gasteiger partial charge in [-0.05, 0) is 131 Å². The SMILES string of the molecule is C/C(N)=C(/S)c1ccc(CNC=O)cc1.CC(C)SC(C)(C)C(C(=O)N1CCCC1C)N1Cc2ccccc2C1=O.Cc1ncsc1-c1ccc(CNC(=O)C2CCCN2C(=O)C(NC(=O)C2(C)CC2)C(C)(C)SC(C)C)cc1. The number of hydrogen-bond acceptors (Lipinski definition) is 12. The summed E-state index contributed by atoms with van der Waals surface area (Å²) >= 11 is 9.37. The summed E-state index contributed by atoms with van der Waals surface area (Å²) in [4.78, 5) is 88.8. The van der Waals surface area contributed by atoms with E-state index in [1.807, 2.05) is 111 Å². The van der Waals surface area contributed by atoms with Crippen LogP contribution >= 0.6 is 47.5 Å². The standard InChI is InChI=1S/C29H40N4O3S2.C21H30N2O2S.C11H14N2OS/c1-18(2)38-28(4,5)24(32-27(36)29(6)13-14-29)26(35)33-15-7-8-22(33)25(34)30-16-20-9-11-21(12-10-20)23-19(3)31-17-37-23;1-14(2)26-21(4,5)18(20(25)22-12-8-9-15(22)3)23-13-16-10-6-7-11-17(16)19(23)24;1-8(12)11(15)10-4-2-9(3-5-10)6-13-7-14/h9-12,17-18,22,24H,7-8,13-16H2,1-6H3,(H,30,34)(H,32,36);6-7,10-11,14-15,18H,8-9,12-13H2,1-5H3;2-5,7,15H,6,12H2,1H3,(H,13,14)/b;;11-8-. The number of allylic oxidation sites excluding steroid dienone is 1. The topological polar surface area (TPSA) is 187 Å². The highest BCUT2D eigenvalue weighted by Gasteiger charge is 2.51. The van der Waals surface area contributed by atoms with Gasteiger partial charge in [0.15, 0.2) is 0 Å². The number of thiol groups is 1. The smallest absolute Gasteiger partial charge is 0.255 e. The Morgan fingerprint density at radius 2 is 1.46 bits per heavy atom. The van der Waals surface area contributed by atoms with Crippen molar-refractivity contribution in [3.05, 3.63) is 118 Å². The maximum atomic E-state index is 13.9. The van der Waals surface area contributed by atoms with E-state index in [2.05, 4.69) is 94.2 Å². The number of nitrogens with zero attached hydrogens (tertiary/aromatic N) is 4. The summed E-state index contributed by atoms with van der Waals surface area (Å²) in [5.41, 5.74) is 14.7. The normalized spacial score (nSPS) is 18.6. The van der Waals surface area contributed by atoms with Crippen LogP contribution in [0.2, 0.25) is 0 Å². The molecule has 4 aliphatic rings. The van der Waals surface area contributed by atoms with Gasteiger partial charge in [0.05, 0.1) is 16.1 Å². The number of aryl methyl sites for hydroxylation is 1.